The molecule has 2 atom stereocenters. The fourth-order valence-electron chi connectivity index (χ4n) is 2.22. The summed E-state index contributed by atoms with van der Waals surface area (Å²) >= 11 is 0. The van der Waals surface area contributed by atoms with E-state index < -0.39 is 6.04 Å². The third-order valence-electron chi connectivity index (χ3n) is 3.60. The monoisotopic (exact) mass is 319 g/mol. The molecule has 2 unspecified atom stereocenters. The Morgan fingerprint density at radius 2 is 2.09 bits per heavy atom. The van der Waals surface area contributed by atoms with Crippen LogP contribution in [-0.2, 0) is 4.79 Å². The zero-order valence-corrected chi connectivity index (χ0v) is 13.5. The number of benzene rings is 1. The number of carbonyl (C=O) groups excluding carboxylic acids is 1. The molecule has 0 bridgehead atoms. The van der Waals surface area contributed by atoms with Crippen LogP contribution >= 0.6 is 0 Å². The molecule has 0 saturated carbocycles. The van der Waals surface area contributed by atoms with E-state index in [9.17, 15) is 9.18 Å². The Labute approximate surface area is 135 Å². The molecule has 1 amide bonds. The molecule has 6 heteroatoms. The average molecular weight is 319 g/mol. The maximum Gasteiger partial charge on any atom is 0.241 e. The number of rotatable bonds is 7. The Morgan fingerprint density at radius 3 is 2.70 bits per heavy atom. The van der Waals surface area contributed by atoms with E-state index in [1.54, 1.807) is 25.3 Å². The highest BCUT2D eigenvalue weighted by Gasteiger charge is 2.20. The van der Waals surface area contributed by atoms with Gasteiger partial charge in [0.1, 0.15) is 11.6 Å². The first-order valence-electron chi connectivity index (χ1n) is 7.47. The Bertz CT molecular complexity index is 629. The topological polar surface area (TPSA) is 57.5 Å². The lowest BCUT2D eigenvalue weighted by Gasteiger charge is -2.24. The van der Waals surface area contributed by atoms with Gasteiger partial charge in [0, 0.05) is 12.2 Å². The van der Waals surface area contributed by atoms with E-state index in [1.165, 1.54) is 12.1 Å². The van der Waals surface area contributed by atoms with Gasteiger partial charge < -0.3 is 15.1 Å². The zero-order chi connectivity index (χ0) is 16.8. The number of nitrogens with zero attached hydrogens (tertiary/aromatic N) is 1. The average Bonchev–Trinajstić information content (AvgIpc) is 3.01. The van der Waals surface area contributed by atoms with Gasteiger partial charge in [-0.1, -0.05) is 6.07 Å². The first-order valence-corrected chi connectivity index (χ1v) is 7.47. The lowest BCUT2D eigenvalue weighted by atomic mass is 10.2. The first-order chi connectivity index (χ1) is 11.0. The quantitative estimate of drug-likeness (QED) is 0.824. The van der Waals surface area contributed by atoms with Crippen LogP contribution in [0.3, 0.4) is 0 Å². The van der Waals surface area contributed by atoms with Gasteiger partial charge in [-0.15, -0.1) is 0 Å². The lowest BCUT2D eigenvalue weighted by molar-refractivity contribution is -0.117. The third-order valence-corrected chi connectivity index (χ3v) is 3.60. The van der Waals surface area contributed by atoms with Crippen molar-refractivity contribution in [3.05, 3.63) is 54.2 Å². The van der Waals surface area contributed by atoms with Crippen LogP contribution < -0.4 is 10.6 Å². The van der Waals surface area contributed by atoms with Crippen molar-refractivity contribution in [3.8, 4) is 0 Å². The van der Waals surface area contributed by atoms with Crippen molar-refractivity contribution in [2.75, 3.05) is 26.0 Å². The Balaban J connectivity index is 1.90. The summed E-state index contributed by atoms with van der Waals surface area (Å²) < 4.78 is 18.6. The molecule has 0 fully saturated rings. The summed E-state index contributed by atoms with van der Waals surface area (Å²) in [6.07, 6.45) is 1.63. The fourth-order valence-corrected chi connectivity index (χ4v) is 2.22. The number of hydrogen-bond acceptors (Lipinski definition) is 4. The summed E-state index contributed by atoms with van der Waals surface area (Å²) in [5.41, 5.74) is 0.443. The van der Waals surface area contributed by atoms with Crippen molar-refractivity contribution in [2.24, 2.45) is 0 Å². The van der Waals surface area contributed by atoms with Gasteiger partial charge in [0.15, 0.2) is 0 Å². The highest BCUT2D eigenvalue weighted by Crippen LogP contribution is 2.17. The summed E-state index contributed by atoms with van der Waals surface area (Å²) in [7, 11) is 3.90. The molecular formula is C17H22FN3O2. The van der Waals surface area contributed by atoms with Crippen molar-refractivity contribution < 1.29 is 13.6 Å². The molecule has 5 nitrogen and oxygen atoms in total. The standard InChI is InChI=1S/C17H22FN3O2/c1-12(17(22)20-14-7-4-6-13(18)10-14)19-11-15(21(2)3)16-8-5-9-23-16/h4-10,12,15,19H,11H2,1-3H3,(H,20,22). The molecule has 2 aromatic rings. The SMILES string of the molecule is CC(NCC(c1ccco1)N(C)C)C(=O)Nc1cccc(F)c1. The van der Waals surface area contributed by atoms with Crippen molar-refractivity contribution >= 4 is 11.6 Å². The Morgan fingerprint density at radius 1 is 1.30 bits per heavy atom. The second-order valence-electron chi connectivity index (χ2n) is 5.62. The third kappa shape index (κ3) is 4.91. The molecule has 0 radical (unpaired) electrons. The van der Waals surface area contributed by atoms with E-state index in [1.807, 2.05) is 31.1 Å². The van der Waals surface area contributed by atoms with Crippen molar-refractivity contribution in [3.63, 3.8) is 0 Å². The molecule has 1 heterocycles. The Hall–Kier alpha value is -2.18. The lowest BCUT2D eigenvalue weighted by Crippen LogP contribution is -2.42. The summed E-state index contributed by atoms with van der Waals surface area (Å²) in [4.78, 5) is 14.2. The predicted molar refractivity (Wildman–Crippen MR) is 87.6 cm³/mol. The number of amides is 1. The van der Waals surface area contributed by atoms with Crippen molar-refractivity contribution in [1.29, 1.82) is 0 Å². The van der Waals surface area contributed by atoms with Gasteiger partial charge in [0.2, 0.25) is 5.91 Å². The number of hydrogen-bond donors (Lipinski definition) is 2. The Kier molecular flexibility index (Phi) is 5.90. The van der Waals surface area contributed by atoms with Gasteiger partial charge in [-0.25, -0.2) is 4.39 Å². The van der Waals surface area contributed by atoms with E-state index in [0.29, 0.717) is 12.2 Å². The molecular weight excluding hydrogens is 297 g/mol. The van der Waals surface area contributed by atoms with Crippen molar-refractivity contribution in [2.45, 2.75) is 19.0 Å². The first kappa shape index (κ1) is 17.2. The second-order valence-corrected chi connectivity index (χ2v) is 5.62. The molecule has 0 aliphatic carbocycles. The summed E-state index contributed by atoms with van der Waals surface area (Å²) in [5, 5.41) is 5.87. The van der Waals surface area contributed by atoms with Crippen LogP contribution in [0.5, 0.6) is 0 Å². The molecule has 2 rings (SSSR count). The molecule has 0 aliphatic heterocycles. The molecule has 0 spiro atoms. The van der Waals surface area contributed by atoms with Crippen LogP contribution in [0.25, 0.3) is 0 Å². The van der Waals surface area contributed by atoms with Gasteiger partial charge >= 0.3 is 0 Å². The number of halogens is 1. The predicted octanol–water partition coefficient (Wildman–Crippen LogP) is 2.64. The largest absolute Gasteiger partial charge is 0.468 e. The minimum absolute atomic E-state index is 0.0226. The highest BCUT2D eigenvalue weighted by molar-refractivity contribution is 5.94. The van der Waals surface area contributed by atoms with Crippen LogP contribution in [0.4, 0.5) is 10.1 Å². The summed E-state index contributed by atoms with van der Waals surface area (Å²) in [6.45, 7) is 2.32. The van der Waals surface area contributed by atoms with Gasteiger partial charge in [-0.2, -0.15) is 0 Å². The number of furan rings is 1. The molecule has 0 saturated heterocycles. The van der Waals surface area contributed by atoms with Gasteiger partial charge in [0.05, 0.1) is 18.3 Å². The van der Waals surface area contributed by atoms with Gasteiger partial charge in [-0.3, -0.25) is 9.69 Å². The molecule has 1 aromatic carbocycles. The fraction of sp³-hybridized carbons (Fsp3) is 0.353. The van der Waals surface area contributed by atoms with Crippen LogP contribution in [0, 0.1) is 5.82 Å². The van der Waals surface area contributed by atoms with Gasteiger partial charge in [0.25, 0.3) is 0 Å². The maximum absolute atomic E-state index is 13.1. The molecule has 1 aromatic heterocycles. The van der Waals surface area contributed by atoms with Crippen molar-refractivity contribution in [1.82, 2.24) is 10.2 Å². The minimum Gasteiger partial charge on any atom is -0.468 e. The minimum atomic E-state index is -0.421. The summed E-state index contributed by atoms with van der Waals surface area (Å²) in [5.74, 6) is 0.238. The molecule has 23 heavy (non-hydrogen) atoms. The van der Waals surface area contributed by atoms with E-state index >= 15 is 0 Å². The van der Waals surface area contributed by atoms with E-state index in [-0.39, 0.29) is 17.8 Å². The normalized spacial score (nSPS) is 13.8. The summed E-state index contributed by atoms with van der Waals surface area (Å²) in [6, 6.07) is 9.18. The van der Waals surface area contributed by atoms with E-state index in [2.05, 4.69) is 10.6 Å². The zero-order valence-electron chi connectivity index (χ0n) is 13.5. The number of nitrogens with one attached hydrogen (secondary N) is 2. The number of carbonyl (C=O) groups is 1. The van der Waals surface area contributed by atoms with Gasteiger partial charge in [-0.05, 0) is 51.4 Å². The van der Waals surface area contributed by atoms with E-state index in [4.69, 9.17) is 4.42 Å². The number of likely N-dealkylation sites (N-methyl/N-ethyl adjacent to an activating group) is 1. The molecule has 0 aliphatic rings. The smallest absolute Gasteiger partial charge is 0.241 e. The molecule has 2 N–H and O–H groups in total. The maximum atomic E-state index is 13.1. The van der Waals surface area contributed by atoms with Crippen LogP contribution in [0.1, 0.15) is 18.7 Å². The second kappa shape index (κ2) is 7.89. The highest BCUT2D eigenvalue weighted by atomic mass is 19.1. The van der Waals surface area contributed by atoms with E-state index in [0.717, 1.165) is 5.76 Å². The molecule has 124 valence electrons. The van der Waals surface area contributed by atoms with Crippen LogP contribution in [-0.4, -0.2) is 37.5 Å². The number of anilines is 1. The van der Waals surface area contributed by atoms with Crippen LogP contribution in [0.15, 0.2) is 47.1 Å². The van der Waals surface area contributed by atoms with Crippen LogP contribution in [0.2, 0.25) is 0 Å².